The van der Waals surface area contributed by atoms with E-state index in [1.165, 1.54) is 36.5 Å². The lowest BCUT2D eigenvalue weighted by Gasteiger charge is -2.10. The first-order chi connectivity index (χ1) is 13.1. The summed E-state index contributed by atoms with van der Waals surface area (Å²) in [6.45, 7) is 2.66. The van der Waals surface area contributed by atoms with E-state index in [0.717, 1.165) is 32.1 Å². The second-order valence-corrected chi connectivity index (χ2v) is 6.89. The highest BCUT2D eigenvalue weighted by Gasteiger charge is 2.15. The topological polar surface area (TPSA) is 66.8 Å². The maximum Gasteiger partial charge on any atom is 0.343 e. The van der Waals surface area contributed by atoms with Gasteiger partial charge in [0.05, 0.1) is 6.61 Å². The lowest BCUT2D eigenvalue weighted by atomic mass is 10.0. The van der Waals surface area contributed by atoms with Crippen LogP contribution in [0.5, 0.6) is 11.5 Å². The lowest BCUT2D eigenvalue weighted by Crippen LogP contribution is -2.04. The molecular formula is C23H30O4. The van der Waals surface area contributed by atoms with Crippen molar-refractivity contribution < 1.29 is 19.7 Å². The molecule has 0 heterocycles. The van der Waals surface area contributed by atoms with Gasteiger partial charge in [0.2, 0.25) is 0 Å². The third-order valence-electron chi connectivity index (χ3n) is 4.65. The SMILES string of the molecule is CCCc1ccc(CCCCCCCOc2cccc(O)c2C(=O)O)cc1. The van der Waals surface area contributed by atoms with Crippen molar-refractivity contribution in [3.63, 3.8) is 0 Å². The minimum atomic E-state index is -1.18. The van der Waals surface area contributed by atoms with Crippen LogP contribution in [0.3, 0.4) is 0 Å². The number of benzene rings is 2. The number of carboxylic acids is 1. The Bertz CT molecular complexity index is 707. The van der Waals surface area contributed by atoms with Gasteiger partial charge in [0, 0.05) is 0 Å². The maximum atomic E-state index is 11.2. The monoisotopic (exact) mass is 370 g/mol. The summed E-state index contributed by atoms with van der Waals surface area (Å²) < 4.78 is 5.55. The zero-order chi connectivity index (χ0) is 19.5. The molecule has 4 nitrogen and oxygen atoms in total. The number of unbranched alkanes of at least 4 members (excludes halogenated alkanes) is 4. The fourth-order valence-electron chi connectivity index (χ4n) is 3.16. The Hall–Kier alpha value is -2.49. The van der Waals surface area contributed by atoms with Gasteiger partial charge in [-0.1, -0.05) is 62.9 Å². The molecule has 0 aliphatic rings. The van der Waals surface area contributed by atoms with Gasteiger partial charge in [-0.3, -0.25) is 0 Å². The first-order valence-electron chi connectivity index (χ1n) is 9.87. The minimum Gasteiger partial charge on any atom is -0.507 e. The molecule has 2 N–H and O–H groups in total. The van der Waals surface area contributed by atoms with Crippen LogP contribution in [0.2, 0.25) is 0 Å². The standard InChI is InChI=1S/C23H30O4/c1-2-9-18-13-15-19(16-14-18)10-6-4-3-5-7-17-27-21-12-8-11-20(24)22(21)23(25)26/h8,11-16,24H,2-7,9-10,17H2,1H3,(H,25,26). The van der Waals surface area contributed by atoms with Gasteiger partial charge in [-0.05, 0) is 48.9 Å². The van der Waals surface area contributed by atoms with Crippen LogP contribution in [-0.2, 0) is 12.8 Å². The maximum absolute atomic E-state index is 11.2. The van der Waals surface area contributed by atoms with E-state index < -0.39 is 5.97 Å². The highest BCUT2D eigenvalue weighted by molar-refractivity contribution is 5.93. The van der Waals surface area contributed by atoms with Gasteiger partial charge in [-0.25, -0.2) is 4.79 Å². The van der Waals surface area contributed by atoms with E-state index in [9.17, 15) is 9.90 Å². The summed E-state index contributed by atoms with van der Waals surface area (Å²) in [5, 5.41) is 18.8. The van der Waals surface area contributed by atoms with E-state index in [1.54, 1.807) is 12.1 Å². The van der Waals surface area contributed by atoms with Crippen LogP contribution >= 0.6 is 0 Å². The molecule has 0 radical (unpaired) electrons. The Labute approximate surface area is 161 Å². The zero-order valence-electron chi connectivity index (χ0n) is 16.1. The van der Waals surface area contributed by atoms with E-state index >= 15 is 0 Å². The van der Waals surface area contributed by atoms with Crippen molar-refractivity contribution in [2.45, 2.75) is 58.3 Å². The van der Waals surface area contributed by atoms with Crippen LogP contribution in [0, 0.1) is 0 Å². The molecule has 4 heteroatoms. The van der Waals surface area contributed by atoms with Gasteiger partial charge in [0.25, 0.3) is 0 Å². The molecule has 0 saturated carbocycles. The summed E-state index contributed by atoms with van der Waals surface area (Å²) in [6.07, 6.45) is 8.90. The van der Waals surface area contributed by atoms with Gasteiger partial charge < -0.3 is 14.9 Å². The molecule has 0 amide bonds. The van der Waals surface area contributed by atoms with E-state index in [1.807, 2.05) is 0 Å². The Morgan fingerprint density at radius 1 is 0.889 bits per heavy atom. The summed E-state index contributed by atoms with van der Waals surface area (Å²) >= 11 is 0. The molecule has 0 saturated heterocycles. The molecule has 0 spiro atoms. The van der Waals surface area contributed by atoms with Crippen LogP contribution in [0.15, 0.2) is 42.5 Å². The molecule has 0 bridgehead atoms. The second kappa shape index (κ2) is 11.3. The fourth-order valence-corrected chi connectivity index (χ4v) is 3.16. The quantitative estimate of drug-likeness (QED) is 0.476. The fraction of sp³-hybridized carbons (Fsp3) is 0.435. The van der Waals surface area contributed by atoms with Crippen LogP contribution in [0.1, 0.15) is 66.9 Å². The van der Waals surface area contributed by atoms with Crippen molar-refractivity contribution in [1.29, 1.82) is 0 Å². The predicted molar refractivity (Wildman–Crippen MR) is 108 cm³/mol. The van der Waals surface area contributed by atoms with Crippen molar-refractivity contribution in [2.75, 3.05) is 6.61 Å². The molecule has 2 aromatic rings. The van der Waals surface area contributed by atoms with E-state index in [0.29, 0.717) is 6.61 Å². The Kier molecular flexibility index (Phi) is 8.69. The average Bonchev–Trinajstić information content (AvgIpc) is 2.65. The Morgan fingerprint density at radius 2 is 1.52 bits per heavy atom. The summed E-state index contributed by atoms with van der Waals surface area (Å²) in [6, 6.07) is 13.5. The largest absolute Gasteiger partial charge is 0.507 e. The molecule has 146 valence electrons. The number of aromatic carboxylic acids is 1. The number of hydrogen-bond donors (Lipinski definition) is 2. The highest BCUT2D eigenvalue weighted by Crippen LogP contribution is 2.27. The molecule has 0 aliphatic carbocycles. The molecule has 2 aromatic carbocycles. The highest BCUT2D eigenvalue weighted by atomic mass is 16.5. The van der Waals surface area contributed by atoms with Crippen molar-refractivity contribution in [1.82, 2.24) is 0 Å². The normalized spacial score (nSPS) is 10.7. The smallest absolute Gasteiger partial charge is 0.343 e. The lowest BCUT2D eigenvalue weighted by molar-refractivity contribution is 0.0688. The average molecular weight is 370 g/mol. The number of rotatable bonds is 12. The van der Waals surface area contributed by atoms with Gasteiger partial charge in [0.15, 0.2) is 0 Å². The number of aryl methyl sites for hydroxylation is 2. The predicted octanol–water partition coefficient (Wildman–Crippen LogP) is 5.61. The van der Waals surface area contributed by atoms with Crippen molar-refractivity contribution in [3.8, 4) is 11.5 Å². The zero-order valence-corrected chi connectivity index (χ0v) is 16.1. The van der Waals surface area contributed by atoms with Gasteiger partial charge in [0.1, 0.15) is 17.1 Å². The van der Waals surface area contributed by atoms with E-state index in [-0.39, 0.29) is 17.1 Å². The van der Waals surface area contributed by atoms with E-state index in [4.69, 9.17) is 9.84 Å². The summed E-state index contributed by atoms with van der Waals surface area (Å²) in [7, 11) is 0. The number of hydrogen-bond acceptors (Lipinski definition) is 3. The molecule has 0 aromatic heterocycles. The van der Waals surface area contributed by atoms with Crippen molar-refractivity contribution >= 4 is 5.97 Å². The summed E-state index contributed by atoms with van der Waals surface area (Å²) in [5.74, 6) is -1.21. The van der Waals surface area contributed by atoms with Crippen LogP contribution in [0.4, 0.5) is 0 Å². The van der Waals surface area contributed by atoms with Crippen LogP contribution < -0.4 is 4.74 Å². The molecule has 0 aliphatic heterocycles. The molecule has 0 unspecified atom stereocenters. The van der Waals surface area contributed by atoms with Crippen molar-refractivity contribution in [3.05, 3.63) is 59.2 Å². The third kappa shape index (κ3) is 6.97. The number of ether oxygens (including phenoxy) is 1. The minimum absolute atomic E-state index is 0.164. The van der Waals surface area contributed by atoms with Gasteiger partial charge in [-0.2, -0.15) is 0 Å². The summed E-state index contributed by atoms with van der Waals surface area (Å²) in [5.41, 5.74) is 2.66. The van der Waals surface area contributed by atoms with Gasteiger partial charge in [-0.15, -0.1) is 0 Å². The first kappa shape index (κ1) is 20.8. The molecule has 27 heavy (non-hydrogen) atoms. The Morgan fingerprint density at radius 3 is 2.19 bits per heavy atom. The van der Waals surface area contributed by atoms with Crippen LogP contribution in [0.25, 0.3) is 0 Å². The summed E-state index contributed by atoms with van der Waals surface area (Å²) in [4.78, 5) is 11.2. The van der Waals surface area contributed by atoms with Crippen LogP contribution in [-0.4, -0.2) is 22.8 Å². The molecule has 2 rings (SSSR count). The Balaban J connectivity index is 1.59. The number of carbonyl (C=O) groups is 1. The number of aromatic hydroxyl groups is 1. The van der Waals surface area contributed by atoms with E-state index in [2.05, 4.69) is 31.2 Å². The second-order valence-electron chi connectivity index (χ2n) is 6.89. The number of phenols is 1. The number of carboxylic acid groups (broad SMARTS) is 1. The molecular weight excluding hydrogens is 340 g/mol. The first-order valence-corrected chi connectivity index (χ1v) is 9.87. The van der Waals surface area contributed by atoms with Crippen molar-refractivity contribution in [2.24, 2.45) is 0 Å². The molecule has 0 fully saturated rings. The third-order valence-corrected chi connectivity index (χ3v) is 4.65. The molecule has 0 atom stereocenters. The van der Waals surface area contributed by atoms with Gasteiger partial charge >= 0.3 is 5.97 Å².